The first-order chi connectivity index (χ1) is 16.2. The third-order valence-electron chi connectivity index (χ3n) is 6.02. The fraction of sp³-hybridized carbons (Fsp3) is 0.179. The normalized spacial score (nSPS) is 13.7. The number of aryl methyl sites for hydroxylation is 1. The second-order valence-corrected chi connectivity index (χ2v) is 8.25. The second-order valence-electron chi connectivity index (χ2n) is 8.25. The van der Waals surface area contributed by atoms with E-state index in [1.807, 2.05) is 78.6 Å². The number of rotatable bonds is 4. The van der Waals surface area contributed by atoms with Crippen LogP contribution >= 0.6 is 0 Å². The van der Waals surface area contributed by atoms with E-state index in [1.165, 1.54) is 0 Å². The molecule has 1 aromatic heterocycles. The van der Waals surface area contributed by atoms with Crippen LogP contribution in [0, 0.1) is 6.92 Å². The van der Waals surface area contributed by atoms with Crippen LogP contribution in [0.2, 0.25) is 0 Å². The molecule has 0 spiro atoms. The molecule has 1 saturated heterocycles. The maximum Gasteiger partial charge on any atom is 0.253 e. The van der Waals surface area contributed by atoms with Crippen LogP contribution in [0.3, 0.4) is 0 Å². The molecule has 0 aliphatic carbocycles. The molecule has 5 heteroatoms. The van der Waals surface area contributed by atoms with Gasteiger partial charge in [0, 0.05) is 43.4 Å². The molecule has 2 heterocycles. The van der Waals surface area contributed by atoms with Crippen molar-refractivity contribution >= 4 is 11.7 Å². The molecule has 5 nitrogen and oxygen atoms in total. The lowest BCUT2D eigenvalue weighted by molar-refractivity contribution is 0.0746. The van der Waals surface area contributed by atoms with E-state index >= 15 is 0 Å². The molecule has 164 valence electrons. The summed E-state index contributed by atoms with van der Waals surface area (Å²) in [5, 5.41) is 0. The molecule has 1 aliphatic rings. The summed E-state index contributed by atoms with van der Waals surface area (Å²) in [4.78, 5) is 26.5. The van der Waals surface area contributed by atoms with E-state index < -0.39 is 0 Å². The number of carbonyl (C=O) groups is 1. The fourth-order valence-corrected chi connectivity index (χ4v) is 4.23. The SMILES string of the molecule is Cc1nc(-c2ccccc2)cc(N2CCN(C(=O)c3ccc(-c4ccccc4)cc3)CC2)n1. The number of amides is 1. The van der Waals surface area contributed by atoms with E-state index in [2.05, 4.69) is 39.1 Å². The number of hydrogen-bond donors (Lipinski definition) is 0. The molecule has 0 radical (unpaired) electrons. The van der Waals surface area contributed by atoms with Crippen LogP contribution in [-0.2, 0) is 0 Å². The Labute approximate surface area is 194 Å². The molecule has 0 N–H and O–H groups in total. The number of aromatic nitrogens is 2. The van der Waals surface area contributed by atoms with Crippen LogP contribution in [0.4, 0.5) is 5.82 Å². The van der Waals surface area contributed by atoms with Crippen molar-refractivity contribution in [2.75, 3.05) is 31.1 Å². The van der Waals surface area contributed by atoms with E-state index in [-0.39, 0.29) is 5.91 Å². The number of nitrogens with zero attached hydrogens (tertiary/aromatic N) is 4. The Bertz CT molecular complexity index is 1230. The topological polar surface area (TPSA) is 49.3 Å². The van der Waals surface area contributed by atoms with Gasteiger partial charge in [-0.2, -0.15) is 0 Å². The van der Waals surface area contributed by atoms with Crippen LogP contribution in [0.15, 0.2) is 91.0 Å². The van der Waals surface area contributed by atoms with Crippen molar-refractivity contribution in [2.24, 2.45) is 0 Å². The molecule has 33 heavy (non-hydrogen) atoms. The average molecular weight is 435 g/mol. The molecule has 1 aliphatic heterocycles. The highest BCUT2D eigenvalue weighted by Crippen LogP contribution is 2.24. The molecule has 1 fully saturated rings. The van der Waals surface area contributed by atoms with Crippen LogP contribution in [0.25, 0.3) is 22.4 Å². The summed E-state index contributed by atoms with van der Waals surface area (Å²) in [5.41, 5.74) is 5.00. The van der Waals surface area contributed by atoms with E-state index in [4.69, 9.17) is 0 Å². The Hall–Kier alpha value is -3.99. The van der Waals surface area contributed by atoms with Crippen LogP contribution in [0.5, 0.6) is 0 Å². The summed E-state index contributed by atoms with van der Waals surface area (Å²) >= 11 is 0. The van der Waals surface area contributed by atoms with Crippen LogP contribution < -0.4 is 4.90 Å². The van der Waals surface area contributed by atoms with Gasteiger partial charge in [0.25, 0.3) is 5.91 Å². The Kier molecular flexibility index (Phi) is 5.85. The van der Waals surface area contributed by atoms with Crippen molar-refractivity contribution in [2.45, 2.75) is 6.92 Å². The maximum absolute atomic E-state index is 13.1. The Balaban J connectivity index is 1.26. The smallest absolute Gasteiger partial charge is 0.253 e. The molecular weight excluding hydrogens is 408 g/mol. The van der Waals surface area contributed by atoms with E-state index in [1.54, 1.807) is 0 Å². The number of benzene rings is 3. The van der Waals surface area contributed by atoms with Gasteiger partial charge in [0.05, 0.1) is 5.69 Å². The Morgan fingerprint density at radius 2 is 1.27 bits per heavy atom. The zero-order valence-corrected chi connectivity index (χ0v) is 18.7. The number of carbonyl (C=O) groups excluding carboxylic acids is 1. The molecule has 1 amide bonds. The molecule has 0 bridgehead atoms. The first-order valence-corrected chi connectivity index (χ1v) is 11.3. The van der Waals surface area contributed by atoms with Crippen molar-refractivity contribution in [3.8, 4) is 22.4 Å². The fourth-order valence-electron chi connectivity index (χ4n) is 4.23. The number of piperazine rings is 1. The van der Waals surface area contributed by atoms with Gasteiger partial charge in [-0.25, -0.2) is 9.97 Å². The predicted octanol–water partition coefficient (Wildman–Crippen LogP) is 5.08. The molecule has 0 atom stereocenters. The van der Waals surface area contributed by atoms with Crippen molar-refractivity contribution in [3.05, 3.63) is 102 Å². The largest absolute Gasteiger partial charge is 0.353 e. The van der Waals surface area contributed by atoms with Gasteiger partial charge < -0.3 is 9.80 Å². The molecule has 4 aromatic rings. The Morgan fingerprint density at radius 3 is 1.91 bits per heavy atom. The van der Waals surface area contributed by atoms with E-state index in [0.717, 1.165) is 52.7 Å². The first-order valence-electron chi connectivity index (χ1n) is 11.3. The van der Waals surface area contributed by atoms with Crippen molar-refractivity contribution in [3.63, 3.8) is 0 Å². The van der Waals surface area contributed by atoms with Gasteiger partial charge in [0.2, 0.25) is 0 Å². The predicted molar refractivity (Wildman–Crippen MR) is 132 cm³/mol. The number of hydrogen-bond acceptors (Lipinski definition) is 4. The molecule has 0 saturated carbocycles. The monoisotopic (exact) mass is 434 g/mol. The second kappa shape index (κ2) is 9.25. The van der Waals surface area contributed by atoms with Gasteiger partial charge in [-0.1, -0.05) is 72.8 Å². The minimum atomic E-state index is 0.0816. The number of anilines is 1. The summed E-state index contributed by atoms with van der Waals surface area (Å²) in [6.45, 7) is 4.76. The summed E-state index contributed by atoms with van der Waals surface area (Å²) in [5.74, 6) is 1.75. The lowest BCUT2D eigenvalue weighted by Crippen LogP contribution is -2.49. The molecule has 5 rings (SSSR count). The summed E-state index contributed by atoms with van der Waals surface area (Å²) in [7, 11) is 0. The lowest BCUT2D eigenvalue weighted by Gasteiger charge is -2.35. The highest BCUT2D eigenvalue weighted by molar-refractivity contribution is 5.95. The van der Waals surface area contributed by atoms with Gasteiger partial charge >= 0.3 is 0 Å². The zero-order chi connectivity index (χ0) is 22.6. The van der Waals surface area contributed by atoms with Crippen molar-refractivity contribution in [1.82, 2.24) is 14.9 Å². The van der Waals surface area contributed by atoms with Gasteiger partial charge in [0.15, 0.2) is 0 Å². The molecule has 0 unspecified atom stereocenters. The highest BCUT2D eigenvalue weighted by Gasteiger charge is 2.23. The van der Waals surface area contributed by atoms with Crippen molar-refractivity contribution in [1.29, 1.82) is 0 Å². The van der Waals surface area contributed by atoms with E-state index in [9.17, 15) is 4.79 Å². The first kappa shape index (κ1) is 20.9. The highest BCUT2D eigenvalue weighted by atomic mass is 16.2. The maximum atomic E-state index is 13.1. The van der Waals surface area contributed by atoms with Crippen LogP contribution in [0.1, 0.15) is 16.2 Å². The summed E-state index contributed by atoms with van der Waals surface area (Å²) < 4.78 is 0. The minimum absolute atomic E-state index is 0.0816. The summed E-state index contributed by atoms with van der Waals surface area (Å²) in [6.07, 6.45) is 0. The minimum Gasteiger partial charge on any atom is -0.353 e. The van der Waals surface area contributed by atoms with Gasteiger partial charge in [-0.3, -0.25) is 4.79 Å². The Morgan fingerprint density at radius 1 is 0.697 bits per heavy atom. The molecular formula is C28H26N4O. The average Bonchev–Trinajstić information content (AvgIpc) is 2.89. The van der Waals surface area contributed by atoms with Crippen LogP contribution in [-0.4, -0.2) is 47.0 Å². The third kappa shape index (κ3) is 4.62. The molecule has 3 aromatic carbocycles. The van der Waals surface area contributed by atoms with Crippen molar-refractivity contribution < 1.29 is 4.79 Å². The zero-order valence-electron chi connectivity index (χ0n) is 18.7. The quantitative estimate of drug-likeness (QED) is 0.449. The van der Waals surface area contributed by atoms with E-state index in [0.29, 0.717) is 13.1 Å². The van der Waals surface area contributed by atoms with Gasteiger partial charge in [-0.05, 0) is 30.2 Å². The van der Waals surface area contributed by atoms with Gasteiger partial charge in [-0.15, -0.1) is 0 Å². The van der Waals surface area contributed by atoms with Gasteiger partial charge in [0.1, 0.15) is 11.6 Å². The summed E-state index contributed by atoms with van der Waals surface area (Å²) in [6, 6.07) is 30.3. The lowest BCUT2D eigenvalue weighted by atomic mass is 10.0. The standard InChI is InChI=1S/C28H26N4O/c1-21-29-26(24-10-6-3-7-11-24)20-27(30-21)31-16-18-32(19-17-31)28(33)25-14-12-23(13-15-25)22-8-4-2-5-9-22/h2-15,20H,16-19H2,1H3. The third-order valence-corrected chi connectivity index (χ3v) is 6.02.